The Kier molecular flexibility index (Phi) is 5.96. The molecule has 1 aliphatic rings. The molecule has 2 unspecified atom stereocenters. The van der Waals surface area contributed by atoms with Gasteiger partial charge in [0, 0.05) is 19.1 Å². The van der Waals surface area contributed by atoms with Crippen LogP contribution in [0.3, 0.4) is 0 Å². The van der Waals surface area contributed by atoms with Crippen LogP contribution in [0.25, 0.3) is 0 Å². The third-order valence-corrected chi connectivity index (χ3v) is 6.94. The third-order valence-electron chi connectivity index (χ3n) is 4.69. The Hall–Kier alpha value is -1.08. The van der Waals surface area contributed by atoms with Crippen LogP contribution in [0.2, 0.25) is 0 Å². The zero-order valence-corrected chi connectivity index (χ0v) is 16.2. The van der Waals surface area contributed by atoms with Crippen LogP contribution >= 0.6 is 0 Å². The van der Waals surface area contributed by atoms with Gasteiger partial charge in [-0.2, -0.15) is 0 Å². The standard InChI is InChI=1S/C17H27NO4S2/c1-13-5-4-6-14(11-13)9-10-18-16-8-7-15(23(2,19)20)12-17(16)24(3,21)22/h7-8,12-14,18H,4-6,9-11H2,1-3H3. The van der Waals surface area contributed by atoms with Crippen LogP contribution in [-0.2, 0) is 19.7 Å². The monoisotopic (exact) mass is 373 g/mol. The molecule has 136 valence electrons. The Bertz CT molecular complexity index is 785. The van der Waals surface area contributed by atoms with E-state index < -0.39 is 19.7 Å². The van der Waals surface area contributed by atoms with Gasteiger partial charge in [0.15, 0.2) is 19.7 Å². The van der Waals surface area contributed by atoms with Gasteiger partial charge in [0.2, 0.25) is 0 Å². The number of sulfone groups is 2. The van der Waals surface area contributed by atoms with Crippen LogP contribution in [0.4, 0.5) is 5.69 Å². The quantitative estimate of drug-likeness (QED) is 0.829. The molecule has 1 N–H and O–H groups in total. The largest absolute Gasteiger partial charge is 0.384 e. The van der Waals surface area contributed by atoms with Crippen molar-refractivity contribution in [2.45, 2.75) is 48.8 Å². The zero-order valence-electron chi connectivity index (χ0n) is 14.6. The van der Waals surface area contributed by atoms with Crippen molar-refractivity contribution in [2.24, 2.45) is 11.8 Å². The van der Waals surface area contributed by atoms with Gasteiger partial charge in [0.25, 0.3) is 0 Å². The highest BCUT2D eigenvalue weighted by molar-refractivity contribution is 7.91. The minimum absolute atomic E-state index is 0.0228. The molecule has 7 heteroatoms. The molecule has 5 nitrogen and oxygen atoms in total. The summed E-state index contributed by atoms with van der Waals surface area (Å²) in [7, 11) is -6.95. The van der Waals surface area contributed by atoms with E-state index in [9.17, 15) is 16.8 Å². The van der Waals surface area contributed by atoms with Crippen LogP contribution in [-0.4, -0.2) is 35.9 Å². The first-order valence-corrected chi connectivity index (χ1v) is 12.1. The molecule has 1 aromatic carbocycles. The number of rotatable bonds is 6. The van der Waals surface area contributed by atoms with Crippen molar-refractivity contribution in [3.05, 3.63) is 18.2 Å². The highest BCUT2D eigenvalue weighted by atomic mass is 32.2. The fraction of sp³-hybridized carbons (Fsp3) is 0.647. The van der Waals surface area contributed by atoms with Crippen LogP contribution in [0, 0.1) is 11.8 Å². The predicted octanol–water partition coefficient (Wildman–Crippen LogP) is 3.12. The summed E-state index contributed by atoms with van der Waals surface area (Å²) in [6.07, 6.45) is 8.21. The molecule has 0 aromatic heterocycles. The lowest BCUT2D eigenvalue weighted by Gasteiger charge is -2.26. The first-order chi connectivity index (χ1) is 11.1. The van der Waals surface area contributed by atoms with Crippen molar-refractivity contribution in [1.29, 1.82) is 0 Å². The molecular formula is C17H27NO4S2. The van der Waals surface area contributed by atoms with E-state index in [0.29, 0.717) is 18.2 Å². The number of hydrogen-bond acceptors (Lipinski definition) is 5. The summed E-state index contributed by atoms with van der Waals surface area (Å²) in [5.74, 6) is 1.45. The van der Waals surface area contributed by atoms with Crippen LogP contribution in [0.5, 0.6) is 0 Å². The van der Waals surface area contributed by atoms with E-state index >= 15 is 0 Å². The van der Waals surface area contributed by atoms with E-state index in [0.717, 1.165) is 24.9 Å². The molecule has 0 bridgehead atoms. The lowest BCUT2D eigenvalue weighted by atomic mass is 9.81. The molecule has 2 atom stereocenters. The minimum Gasteiger partial charge on any atom is -0.384 e. The Morgan fingerprint density at radius 2 is 1.79 bits per heavy atom. The molecule has 0 heterocycles. The number of anilines is 1. The van der Waals surface area contributed by atoms with E-state index in [1.807, 2.05) is 0 Å². The lowest BCUT2D eigenvalue weighted by Crippen LogP contribution is -2.17. The molecule has 1 aliphatic carbocycles. The molecular weight excluding hydrogens is 346 g/mol. The molecule has 0 radical (unpaired) electrons. The van der Waals surface area contributed by atoms with Crippen molar-refractivity contribution >= 4 is 25.4 Å². The second-order valence-electron chi connectivity index (χ2n) is 7.06. The summed E-state index contributed by atoms with van der Waals surface area (Å²) in [6, 6.07) is 4.25. The van der Waals surface area contributed by atoms with Gasteiger partial charge in [-0.15, -0.1) is 0 Å². The van der Waals surface area contributed by atoms with Gasteiger partial charge in [0.1, 0.15) is 0 Å². The summed E-state index contributed by atoms with van der Waals surface area (Å²) in [5, 5.41) is 3.19. The molecule has 0 saturated heterocycles. The van der Waals surface area contributed by atoms with Crippen molar-refractivity contribution in [2.75, 3.05) is 24.4 Å². The Morgan fingerprint density at radius 3 is 2.38 bits per heavy atom. The first-order valence-electron chi connectivity index (χ1n) is 8.35. The van der Waals surface area contributed by atoms with Gasteiger partial charge in [-0.1, -0.05) is 26.2 Å². The SMILES string of the molecule is CC1CCCC(CCNc2ccc(S(C)(=O)=O)cc2S(C)(=O)=O)C1. The maximum absolute atomic E-state index is 12.0. The Balaban J connectivity index is 2.12. The van der Waals surface area contributed by atoms with Gasteiger partial charge >= 0.3 is 0 Å². The molecule has 1 aromatic rings. The number of benzene rings is 1. The predicted molar refractivity (Wildman–Crippen MR) is 96.9 cm³/mol. The fourth-order valence-corrected chi connectivity index (χ4v) is 5.02. The second-order valence-corrected chi connectivity index (χ2v) is 11.1. The van der Waals surface area contributed by atoms with Gasteiger partial charge in [-0.3, -0.25) is 0 Å². The summed E-state index contributed by atoms with van der Waals surface area (Å²) in [4.78, 5) is 0.0667. The third kappa shape index (κ3) is 5.21. The maximum Gasteiger partial charge on any atom is 0.177 e. The molecule has 2 rings (SSSR count). The van der Waals surface area contributed by atoms with Crippen molar-refractivity contribution in [3.8, 4) is 0 Å². The molecule has 0 spiro atoms. The van der Waals surface area contributed by atoms with E-state index in [1.54, 1.807) is 6.07 Å². The molecule has 1 fully saturated rings. The lowest BCUT2D eigenvalue weighted by molar-refractivity contribution is 0.274. The Labute approximate surface area is 145 Å². The Morgan fingerprint density at radius 1 is 1.08 bits per heavy atom. The molecule has 24 heavy (non-hydrogen) atoms. The van der Waals surface area contributed by atoms with E-state index in [-0.39, 0.29) is 9.79 Å². The summed E-state index contributed by atoms with van der Waals surface area (Å²) >= 11 is 0. The highest BCUT2D eigenvalue weighted by Gasteiger charge is 2.20. The number of nitrogens with one attached hydrogen (secondary N) is 1. The average molecular weight is 374 g/mol. The maximum atomic E-state index is 12.0. The summed E-state index contributed by atoms with van der Waals surface area (Å²) in [5.41, 5.74) is 0.480. The molecule has 0 amide bonds. The van der Waals surface area contributed by atoms with Gasteiger partial charge in [-0.25, -0.2) is 16.8 Å². The highest BCUT2D eigenvalue weighted by Crippen LogP contribution is 2.31. The van der Waals surface area contributed by atoms with E-state index in [2.05, 4.69) is 12.2 Å². The molecule has 1 saturated carbocycles. The number of hydrogen-bond donors (Lipinski definition) is 1. The minimum atomic E-state index is -3.51. The summed E-state index contributed by atoms with van der Waals surface area (Å²) < 4.78 is 47.3. The van der Waals surface area contributed by atoms with Crippen molar-refractivity contribution in [1.82, 2.24) is 0 Å². The van der Waals surface area contributed by atoms with E-state index in [1.165, 1.54) is 37.8 Å². The second kappa shape index (κ2) is 7.44. The smallest absolute Gasteiger partial charge is 0.177 e. The normalized spacial score (nSPS) is 22.3. The first kappa shape index (κ1) is 19.2. The van der Waals surface area contributed by atoms with Gasteiger partial charge in [0.05, 0.1) is 15.5 Å². The topological polar surface area (TPSA) is 80.3 Å². The van der Waals surface area contributed by atoms with Crippen LogP contribution < -0.4 is 5.32 Å². The van der Waals surface area contributed by atoms with Crippen molar-refractivity contribution < 1.29 is 16.8 Å². The van der Waals surface area contributed by atoms with E-state index in [4.69, 9.17) is 0 Å². The summed E-state index contributed by atoms with van der Waals surface area (Å²) in [6.45, 7) is 2.98. The zero-order chi connectivity index (χ0) is 18.0. The van der Waals surface area contributed by atoms with Crippen LogP contribution in [0.1, 0.15) is 39.0 Å². The fourth-order valence-electron chi connectivity index (χ4n) is 3.42. The van der Waals surface area contributed by atoms with Crippen LogP contribution in [0.15, 0.2) is 28.0 Å². The molecule has 0 aliphatic heterocycles. The van der Waals surface area contributed by atoms with Crippen molar-refractivity contribution in [3.63, 3.8) is 0 Å². The van der Waals surface area contributed by atoms with Gasteiger partial charge < -0.3 is 5.32 Å². The average Bonchev–Trinajstić information content (AvgIpc) is 2.45. The van der Waals surface area contributed by atoms with Gasteiger partial charge in [-0.05, 0) is 42.9 Å².